The number of carbonyl (C=O) groups excluding carboxylic acids is 1. The highest BCUT2D eigenvalue weighted by molar-refractivity contribution is 5.76. The van der Waals surface area contributed by atoms with Crippen LogP contribution in [0.2, 0.25) is 0 Å². The van der Waals surface area contributed by atoms with Crippen LogP contribution in [0.3, 0.4) is 0 Å². The molecule has 3 N–H and O–H groups in total. The second-order valence-electron chi connectivity index (χ2n) is 14.4. The quantitative estimate of drug-likeness (QED) is 0.361. The number of aliphatic hydroxyl groups is 3. The molecule has 0 aromatic rings. The second-order valence-corrected chi connectivity index (χ2v) is 14.4. The van der Waals surface area contributed by atoms with Crippen molar-refractivity contribution in [3.05, 3.63) is 11.1 Å². The summed E-state index contributed by atoms with van der Waals surface area (Å²) < 4.78 is 12.8. The van der Waals surface area contributed by atoms with E-state index in [-0.39, 0.29) is 40.7 Å². The normalized spacial score (nSPS) is 58.2. The lowest BCUT2D eigenvalue weighted by molar-refractivity contribution is -0.279. The van der Waals surface area contributed by atoms with Crippen molar-refractivity contribution in [3.8, 4) is 0 Å². The van der Waals surface area contributed by atoms with E-state index in [9.17, 15) is 20.1 Å². The van der Waals surface area contributed by atoms with Gasteiger partial charge in [-0.3, -0.25) is 4.79 Å². The molecule has 2 heterocycles. The van der Waals surface area contributed by atoms with Crippen LogP contribution in [0.25, 0.3) is 0 Å². The summed E-state index contributed by atoms with van der Waals surface area (Å²) in [4.78, 5) is 12.4. The van der Waals surface area contributed by atoms with Crippen LogP contribution in [-0.2, 0) is 14.3 Å². The van der Waals surface area contributed by atoms with Crippen molar-refractivity contribution in [2.75, 3.05) is 6.61 Å². The largest absolute Gasteiger partial charge is 0.430 e. The third kappa shape index (κ3) is 2.61. The topological polar surface area (TPSA) is 96.2 Å². The van der Waals surface area contributed by atoms with Crippen molar-refractivity contribution in [2.24, 2.45) is 39.4 Å². The first-order valence-electron chi connectivity index (χ1n) is 14.4. The van der Waals surface area contributed by atoms with E-state index in [2.05, 4.69) is 34.6 Å². The average Bonchev–Trinajstić information content (AvgIpc) is 3.35. The molecule has 4 aliphatic carbocycles. The molecule has 0 radical (unpaired) electrons. The molecule has 2 spiro atoms. The number of hydrogen-bond acceptors (Lipinski definition) is 6. The van der Waals surface area contributed by atoms with Crippen LogP contribution in [0, 0.1) is 39.4 Å². The molecular weight excluding hydrogens is 456 g/mol. The zero-order chi connectivity index (χ0) is 26.1. The van der Waals surface area contributed by atoms with Gasteiger partial charge in [-0.25, -0.2) is 0 Å². The summed E-state index contributed by atoms with van der Waals surface area (Å²) >= 11 is 0. The van der Waals surface area contributed by atoms with Crippen molar-refractivity contribution in [1.29, 1.82) is 0 Å². The molecule has 4 unspecified atom stereocenters. The van der Waals surface area contributed by atoms with Crippen LogP contribution in [-0.4, -0.2) is 51.5 Å². The Hall–Kier alpha value is -0.950. The predicted molar refractivity (Wildman–Crippen MR) is 135 cm³/mol. The summed E-state index contributed by atoms with van der Waals surface area (Å²) in [5, 5.41) is 32.3. The third-order valence-electron chi connectivity index (χ3n) is 13.3. The van der Waals surface area contributed by atoms with E-state index in [4.69, 9.17) is 9.47 Å². The number of fused-ring (bicyclic) bond motifs is 5. The van der Waals surface area contributed by atoms with E-state index in [0.717, 1.165) is 51.4 Å². The minimum absolute atomic E-state index is 0.000365. The van der Waals surface area contributed by atoms with Gasteiger partial charge in [-0.05, 0) is 81.0 Å². The lowest BCUT2D eigenvalue weighted by Crippen LogP contribution is -2.59. The number of hydrogen-bond donors (Lipinski definition) is 3. The number of esters is 1. The summed E-state index contributed by atoms with van der Waals surface area (Å²) in [7, 11) is 0. The van der Waals surface area contributed by atoms with E-state index in [1.165, 1.54) is 0 Å². The van der Waals surface area contributed by atoms with Crippen molar-refractivity contribution in [1.82, 2.24) is 0 Å². The van der Waals surface area contributed by atoms with Gasteiger partial charge in [0.15, 0.2) is 0 Å². The highest BCUT2D eigenvalue weighted by Crippen LogP contribution is 2.76. The molecule has 6 nitrogen and oxygen atoms in total. The van der Waals surface area contributed by atoms with Gasteiger partial charge in [0.05, 0.1) is 24.2 Å². The van der Waals surface area contributed by atoms with Gasteiger partial charge in [0.2, 0.25) is 5.79 Å². The third-order valence-corrected chi connectivity index (χ3v) is 13.3. The molecule has 0 bridgehead atoms. The maximum Gasteiger partial charge on any atom is 0.314 e. The molecule has 11 atom stereocenters. The minimum atomic E-state index is -1.22. The van der Waals surface area contributed by atoms with Gasteiger partial charge in [-0.1, -0.05) is 45.8 Å². The molecule has 2 aliphatic heterocycles. The van der Waals surface area contributed by atoms with Gasteiger partial charge < -0.3 is 24.8 Å². The summed E-state index contributed by atoms with van der Waals surface area (Å²) in [6.45, 7) is 13.3. The van der Waals surface area contributed by atoms with Gasteiger partial charge in [-0.15, -0.1) is 0 Å². The van der Waals surface area contributed by atoms with Crippen LogP contribution in [0.1, 0.15) is 99.3 Å². The summed E-state index contributed by atoms with van der Waals surface area (Å²) in [5.74, 6) is -1.69. The van der Waals surface area contributed by atoms with E-state index < -0.39 is 34.9 Å². The lowest BCUT2D eigenvalue weighted by Gasteiger charge is -2.63. The molecule has 0 aromatic heterocycles. The molecule has 4 fully saturated rings. The van der Waals surface area contributed by atoms with Gasteiger partial charge in [0, 0.05) is 17.3 Å². The van der Waals surface area contributed by atoms with E-state index in [1.54, 1.807) is 18.1 Å². The Balaban J connectivity index is 1.41. The maximum atomic E-state index is 12.4. The fourth-order valence-corrected chi connectivity index (χ4v) is 10.8. The van der Waals surface area contributed by atoms with Crippen LogP contribution in [0.15, 0.2) is 11.1 Å². The molecule has 6 rings (SSSR count). The van der Waals surface area contributed by atoms with Crippen LogP contribution >= 0.6 is 0 Å². The molecule has 36 heavy (non-hydrogen) atoms. The Bertz CT molecular complexity index is 1020. The molecule has 0 amide bonds. The average molecular weight is 503 g/mol. The maximum absolute atomic E-state index is 12.4. The van der Waals surface area contributed by atoms with Crippen molar-refractivity contribution in [3.63, 3.8) is 0 Å². The van der Waals surface area contributed by atoms with Gasteiger partial charge in [0.25, 0.3) is 0 Å². The highest BCUT2D eigenvalue weighted by Gasteiger charge is 2.76. The van der Waals surface area contributed by atoms with Crippen LogP contribution in [0.4, 0.5) is 0 Å². The molecular formula is C30H46O6. The van der Waals surface area contributed by atoms with Gasteiger partial charge in [0.1, 0.15) is 6.10 Å². The fourth-order valence-electron chi connectivity index (χ4n) is 10.8. The van der Waals surface area contributed by atoms with Crippen molar-refractivity contribution < 1.29 is 29.6 Å². The number of allylic oxidation sites excluding steroid dienone is 2. The minimum Gasteiger partial charge on any atom is -0.430 e. The Kier molecular flexibility index (Phi) is 5.18. The van der Waals surface area contributed by atoms with Crippen molar-refractivity contribution in [2.45, 2.75) is 123 Å². The number of ether oxygens (including phenoxy) is 2. The Labute approximate surface area is 215 Å². The first-order valence-corrected chi connectivity index (χ1v) is 14.4. The number of carbonyl (C=O) groups is 1. The smallest absolute Gasteiger partial charge is 0.314 e. The Morgan fingerprint density at radius 3 is 2.31 bits per heavy atom. The standard InChI is InChI=1S/C30H46O6/c1-17-15-30(23(33)18(2)24(34)35-30)36-29(17)14-13-27(5)20-7-8-21-25(3,19(20)9-12-28(27,29)6)11-10-22(32)26(21,4)16-31/h17-18,21-23,31-33H,7-16H2,1-6H3/t17?,18?,21-,22?,23?,25-,26-,27+,28+,29+,30-/m1/s1. The monoisotopic (exact) mass is 502 g/mol. The molecule has 202 valence electrons. The van der Waals surface area contributed by atoms with E-state index in [1.807, 2.05) is 0 Å². The number of aliphatic hydroxyl groups excluding tert-OH is 3. The fraction of sp³-hybridized carbons (Fsp3) is 0.900. The Morgan fingerprint density at radius 2 is 1.67 bits per heavy atom. The van der Waals surface area contributed by atoms with Crippen molar-refractivity contribution >= 4 is 5.97 Å². The molecule has 6 heteroatoms. The van der Waals surface area contributed by atoms with E-state index >= 15 is 0 Å². The molecule has 2 saturated heterocycles. The predicted octanol–water partition coefficient (Wildman–Crippen LogP) is 4.50. The summed E-state index contributed by atoms with van der Waals surface area (Å²) in [6.07, 6.45) is 6.84. The zero-order valence-electron chi connectivity index (χ0n) is 23.0. The highest BCUT2D eigenvalue weighted by atomic mass is 16.7. The first kappa shape index (κ1) is 25.3. The number of rotatable bonds is 1. The van der Waals surface area contributed by atoms with Gasteiger partial charge in [-0.2, -0.15) is 0 Å². The first-order chi connectivity index (χ1) is 16.7. The molecule has 0 aromatic carbocycles. The van der Waals surface area contributed by atoms with Crippen LogP contribution in [0.5, 0.6) is 0 Å². The van der Waals surface area contributed by atoms with E-state index in [0.29, 0.717) is 6.42 Å². The lowest BCUT2D eigenvalue weighted by atomic mass is 9.42. The Morgan fingerprint density at radius 1 is 0.944 bits per heavy atom. The second kappa shape index (κ2) is 7.37. The van der Waals surface area contributed by atoms with Gasteiger partial charge >= 0.3 is 5.97 Å². The molecule has 6 aliphatic rings. The summed E-state index contributed by atoms with van der Waals surface area (Å²) in [6, 6.07) is 0. The SMILES string of the molecule is CC1C(=O)O[C@@]2(CC(C)[C@]3(CC[C@@]4(C)C5=C(CC[C@@]43C)[C@@]3(C)CCC(O)[C@](C)(CO)[C@@H]3CC5)O2)C1O. The molecule has 2 saturated carbocycles. The summed E-state index contributed by atoms with van der Waals surface area (Å²) in [5.41, 5.74) is 2.13. The zero-order valence-corrected chi connectivity index (χ0v) is 23.0. The van der Waals surface area contributed by atoms with Crippen LogP contribution < -0.4 is 0 Å².